The van der Waals surface area contributed by atoms with Crippen molar-refractivity contribution >= 4 is 23.2 Å². The smallest absolute Gasteiger partial charge is 0.440 e. The number of halogens is 2. The Kier molecular flexibility index (Phi) is 6.81. The van der Waals surface area contributed by atoms with Gasteiger partial charge in [-0.05, 0) is 41.5 Å². The van der Waals surface area contributed by atoms with Crippen molar-refractivity contribution in [1.29, 1.82) is 0 Å². The minimum absolute atomic E-state index is 0.0622. The van der Waals surface area contributed by atoms with E-state index in [1.165, 1.54) is 12.1 Å². The summed E-state index contributed by atoms with van der Waals surface area (Å²) in [6, 6.07) is 16.5. The first-order valence-electron chi connectivity index (χ1n) is 10.9. The van der Waals surface area contributed by atoms with Crippen LogP contribution in [0.1, 0.15) is 11.1 Å². The molecule has 0 aliphatic rings. The first-order valence-corrected chi connectivity index (χ1v) is 11.6. The summed E-state index contributed by atoms with van der Waals surface area (Å²) < 4.78 is 23.1. The molecule has 5 rings (SSSR count). The Morgan fingerprint density at radius 2 is 1.03 bits per heavy atom. The number of rotatable bonds is 8. The summed E-state index contributed by atoms with van der Waals surface area (Å²) in [4.78, 5) is 49.5. The lowest BCUT2D eigenvalue weighted by molar-refractivity contribution is 0.258. The summed E-state index contributed by atoms with van der Waals surface area (Å²) in [5, 5.41) is 0.502. The van der Waals surface area contributed by atoms with Crippen LogP contribution in [0.2, 0.25) is 10.0 Å². The summed E-state index contributed by atoms with van der Waals surface area (Å²) in [6.07, 6.45) is 0. The highest BCUT2D eigenvalue weighted by molar-refractivity contribution is 6.36. The van der Waals surface area contributed by atoms with Crippen molar-refractivity contribution in [3.63, 3.8) is 0 Å². The van der Waals surface area contributed by atoms with Crippen LogP contribution >= 0.6 is 23.2 Å². The Bertz CT molecular complexity index is 1690. The van der Waals surface area contributed by atoms with Crippen LogP contribution in [0, 0.1) is 0 Å². The molecule has 14 heteroatoms. The minimum atomic E-state index is -0.829. The van der Waals surface area contributed by atoms with Crippen LogP contribution in [0.3, 0.4) is 0 Å². The van der Waals surface area contributed by atoms with Crippen molar-refractivity contribution in [2.75, 3.05) is 0 Å². The lowest BCUT2D eigenvalue weighted by Gasteiger charge is -2.13. The summed E-state index contributed by atoms with van der Waals surface area (Å²) in [5.41, 5.74) is 0.102. The van der Waals surface area contributed by atoms with E-state index in [0.717, 1.165) is 9.48 Å². The van der Waals surface area contributed by atoms with Gasteiger partial charge in [0.1, 0.15) is 23.0 Å². The molecule has 2 N–H and O–H groups in total. The van der Waals surface area contributed by atoms with Crippen molar-refractivity contribution < 1.29 is 18.5 Å². The number of nitrogens with one attached hydrogen (secondary N) is 2. The fourth-order valence-corrected chi connectivity index (χ4v) is 3.87. The minimum Gasteiger partial charge on any atom is -0.456 e. The van der Waals surface area contributed by atoms with Crippen molar-refractivity contribution in [3.8, 4) is 23.0 Å². The average Bonchev–Trinajstić information content (AvgIpc) is 3.37. The van der Waals surface area contributed by atoms with Gasteiger partial charge in [0.05, 0.1) is 23.1 Å². The van der Waals surface area contributed by atoms with Crippen molar-refractivity contribution in [2.45, 2.75) is 13.1 Å². The van der Waals surface area contributed by atoms with E-state index in [2.05, 4.69) is 0 Å². The van der Waals surface area contributed by atoms with E-state index in [-0.39, 0.29) is 34.6 Å². The number of H-pyrrole nitrogens is 2. The SMILES string of the molecule is O=c1[nH]c(=O)n(Cc2ccc(Oc3cc(Oc4ccc(Cn5oc(=O)[nH]c5=O)cc4)c(Cl)cc3Cl)cc2)o1. The van der Waals surface area contributed by atoms with Gasteiger partial charge in [-0.25, -0.2) is 29.1 Å². The standard InChI is InChI=1S/C24H16Cl2N4O8/c25-17-9-18(26)20(36-16-7-3-14(4-8-16)12-30-22(32)28-24(34)38-30)10-19(17)35-15-5-1-13(2-6-15)11-29-21(31)27-23(33)37-29/h1-10H,11-12H2,(H,27,31,33)(H,28,32,34). The highest BCUT2D eigenvalue weighted by atomic mass is 35.5. The third-order valence-electron chi connectivity index (χ3n) is 5.20. The Labute approximate surface area is 221 Å². The molecule has 3 aromatic carbocycles. The molecule has 194 valence electrons. The van der Waals surface area contributed by atoms with Gasteiger partial charge in [-0.15, -0.1) is 9.48 Å². The van der Waals surface area contributed by atoms with Crippen LogP contribution in [0.25, 0.3) is 0 Å². The molecule has 0 fully saturated rings. The maximum Gasteiger partial charge on any atom is 0.440 e. The molecule has 0 spiro atoms. The van der Waals surface area contributed by atoms with Crippen LogP contribution in [-0.4, -0.2) is 19.4 Å². The Balaban J connectivity index is 1.28. The molecule has 5 aromatic rings. The number of aromatic amines is 2. The normalized spacial score (nSPS) is 11.0. The van der Waals surface area contributed by atoms with E-state index < -0.39 is 22.9 Å². The fourth-order valence-electron chi connectivity index (χ4n) is 3.41. The van der Waals surface area contributed by atoms with Gasteiger partial charge in [0.15, 0.2) is 0 Å². The Hall–Kier alpha value is -4.68. The quantitative estimate of drug-likeness (QED) is 0.293. The van der Waals surface area contributed by atoms with Gasteiger partial charge in [0, 0.05) is 6.07 Å². The molecule has 0 saturated carbocycles. The molecular weight excluding hydrogens is 543 g/mol. The Morgan fingerprint density at radius 1 is 0.632 bits per heavy atom. The number of hydrogen-bond acceptors (Lipinski definition) is 8. The number of nitrogens with zero attached hydrogens (tertiary/aromatic N) is 2. The molecule has 0 aliphatic heterocycles. The molecule has 0 atom stereocenters. The second-order valence-electron chi connectivity index (χ2n) is 7.90. The lowest BCUT2D eigenvalue weighted by Crippen LogP contribution is -2.17. The summed E-state index contributed by atoms with van der Waals surface area (Å²) in [6.45, 7) is 0.124. The van der Waals surface area contributed by atoms with Crippen LogP contribution < -0.4 is 32.4 Å². The number of hydrogen-bond donors (Lipinski definition) is 2. The van der Waals surface area contributed by atoms with E-state index in [9.17, 15) is 19.2 Å². The van der Waals surface area contributed by atoms with Crippen LogP contribution in [-0.2, 0) is 13.1 Å². The zero-order chi connectivity index (χ0) is 26.8. The molecule has 0 aliphatic carbocycles. The molecule has 0 radical (unpaired) electrons. The zero-order valence-corrected chi connectivity index (χ0v) is 20.6. The topological polar surface area (TPSA) is 154 Å². The molecule has 0 bridgehead atoms. The predicted octanol–water partition coefficient (Wildman–Crippen LogP) is 3.56. The average molecular weight is 559 g/mol. The third kappa shape index (κ3) is 5.66. The van der Waals surface area contributed by atoms with E-state index in [1.807, 2.05) is 9.97 Å². The second kappa shape index (κ2) is 10.4. The van der Waals surface area contributed by atoms with Crippen LogP contribution in [0.15, 0.2) is 88.9 Å². The molecule has 0 amide bonds. The van der Waals surface area contributed by atoms with Gasteiger partial charge in [0.25, 0.3) is 0 Å². The van der Waals surface area contributed by atoms with Crippen LogP contribution in [0.5, 0.6) is 23.0 Å². The molecule has 0 saturated heterocycles. The van der Waals surface area contributed by atoms with Crippen molar-refractivity contribution in [3.05, 3.63) is 124 Å². The summed E-state index contributed by atoms with van der Waals surface area (Å²) in [7, 11) is 0. The van der Waals surface area contributed by atoms with Crippen molar-refractivity contribution in [1.82, 2.24) is 19.4 Å². The van der Waals surface area contributed by atoms with Gasteiger partial charge in [-0.2, -0.15) is 0 Å². The second-order valence-corrected chi connectivity index (χ2v) is 8.71. The molecule has 38 heavy (non-hydrogen) atoms. The largest absolute Gasteiger partial charge is 0.456 e. The number of ether oxygens (including phenoxy) is 2. The van der Waals surface area contributed by atoms with Crippen molar-refractivity contribution in [2.24, 2.45) is 0 Å². The zero-order valence-electron chi connectivity index (χ0n) is 19.1. The van der Waals surface area contributed by atoms with Gasteiger partial charge < -0.3 is 18.5 Å². The van der Waals surface area contributed by atoms with Crippen LogP contribution in [0.4, 0.5) is 0 Å². The monoisotopic (exact) mass is 558 g/mol. The molecule has 2 heterocycles. The van der Waals surface area contributed by atoms with Gasteiger partial charge in [0.2, 0.25) is 0 Å². The Morgan fingerprint density at radius 3 is 1.37 bits per heavy atom. The maximum absolute atomic E-state index is 11.6. The molecule has 2 aromatic heterocycles. The first-order chi connectivity index (χ1) is 18.2. The van der Waals surface area contributed by atoms with Gasteiger partial charge >= 0.3 is 22.9 Å². The van der Waals surface area contributed by atoms with E-state index in [4.69, 9.17) is 41.7 Å². The first kappa shape index (κ1) is 25.0. The predicted molar refractivity (Wildman–Crippen MR) is 135 cm³/mol. The molecule has 0 unspecified atom stereocenters. The highest BCUT2D eigenvalue weighted by Crippen LogP contribution is 2.39. The molecule has 12 nitrogen and oxygen atoms in total. The van der Waals surface area contributed by atoms with Gasteiger partial charge in [-0.1, -0.05) is 47.5 Å². The molecular formula is C24H16Cl2N4O8. The van der Waals surface area contributed by atoms with E-state index in [1.54, 1.807) is 48.5 Å². The lowest BCUT2D eigenvalue weighted by atomic mass is 10.2. The maximum atomic E-state index is 11.6. The third-order valence-corrected chi connectivity index (χ3v) is 5.79. The highest BCUT2D eigenvalue weighted by Gasteiger charge is 2.13. The summed E-state index contributed by atoms with van der Waals surface area (Å²) in [5.74, 6) is -0.199. The van der Waals surface area contributed by atoms with E-state index >= 15 is 0 Å². The number of aromatic nitrogens is 4. The fraction of sp³-hybridized carbons (Fsp3) is 0.0833. The number of benzene rings is 3. The summed E-state index contributed by atoms with van der Waals surface area (Å²) >= 11 is 12.6. The van der Waals surface area contributed by atoms with E-state index in [0.29, 0.717) is 22.6 Å². The van der Waals surface area contributed by atoms with Gasteiger partial charge in [-0.3, -0.25) is 0 Å².